The number of anilines is 1. The lowest BCUT2D eigenvalue weighted by Gasteiger charge is -2.31. The molecule has 9 heteroatoms. The van der Waals surface area contributed by atoms with Gasteiger partial charge >= 0.3 is 5.97 Å². The summed E-state index contributed by atoms with van der Waals surface area (Å²) in [6.45, 7) is 5.60. The number of hydrogen-bond acceptors (Lipinski definition) is 6. The molecule has 0 saturated heterocycles. The number of esters is 1. The minimum atomic E-state index is -1.28. The van der Waals surface area contributed by atoms with Crippen LogP contribution in [0.25, 0.3) is 0 Å². The molecule has 0 spiro atoms. The average Bonchev–Trinajstić information content (AvgIpc) is 2.80. The molecule has 0 aromatic heterocycles. The van der Waals surface area contributed by atoms with Crippen molar-refractivity contribution >= 4 is 46.8 Å². The molecule has 2 aromatic carbocycles. The number of hydrogen-bond donors (Lipinski definition) is 2. The van der Waals surface area contributed by atoms with Crippen LogP contribution in [0.1, 0.15) is 29.5 Å². The fourth-order valence-electron chi connectivity index (χ4n) is 3.70. The van der Waals surface area contributed by atoms with E-state index in [2.05, 4.69) is 16.7 Å². The molecule has 0 aliphatic carbocycles. The number of nitriles is 1. The largest absolute Gasteiger partial charge is 0.465 e. The number of rotatable bonds is 7. The molecule has 1 aliphatic rings. The Morgan fingerprint density at radius 3 is 2.62 bits per heavy atom. The van der Waals surface area contributed by atoms with E-state index in [1.165, 1.54) is 0 Å². The highest BCUT2D eigenvalue weighted by atomic mass is 35.5. The van der Waals surface area contributed by atoms with Gasteiger partial charge in [0.15, 0.2) is 0 Å². The third kappa shape index (κ3) is 5.44. The number of ether oxygens (including phenoxy) is 1. The Hall–Kier alpha value is -3.28. The van der Waals surface area contributed by atoms with Crippen molar-refractivity contribution in [3.05, 3.63) is 74.8 Å². The molecular formula is C25H24ClN3O4S. The average molecular weight is 498 g/mol. The van der Waals surface area contributed by atoms with Crippen molar-refractivity contribution in [2.45, 2.75) is 26.7 Å². The van der Waals surface area contributed by atoms with Gasteiger partial charge in [-0.05, 0) is 49.6 Å². The smallest absolute Gasteiger partial charge is 0.319 e. The van der Waals surface area contributed by atoms with Gasteiger partial charge in [-0.2, -0.15) is 5.26 Å². The Bertz CT molecular complexity index is 1200. The second-order valence-electron chi connectivity index (χ2n) is 7.66. The second kappa shape index (κ2) is 11.2. The molecule has 1 aliphatic heterocycles. The highest BCUT2D eigenvalue weighted by molar-refractivity contribution is 8.03. The van der Waals surface area contributed by atoms with Crippen molar-refractivity contribution in [2.75, 3.05) is 17.7 Å². The summed E-state index contributed by atoms with van der Waals surface area (Å²) >= 11 is 7.40. The van der Waals surface area contributed by atoms with Crippen LogP contribution < -0.4 is 10.6 Å². The van der Waals surface area contributed by atoms with Gasteiger partial charge in [0.1, 0.15) is 5.92 Å². The highest BCUT2D eigenvalue weighted by Gasteiger charge is 2.45. The zero-order chi connectivity index (χ0) is 24.8. The maximum absolute atomic E-state index is 13.0. The van der Waals surface area contributed by atoms with Gasteiger partial charge in [0.05, 0.1) is 29.0 Å². The number of carbonyl (C=O) groups excluding carboxylic acids is 3. The van der Waals surface area contributed by atoms with Gasteiger partial charge < -0.3 is 15.4 Å². The molecule has 2 aromatic rings. The Kier molecular flexibility index (Phi) is 8.37. The number of halogens is 1. The molecule has 0 fully saturated rings. The van der Waals surface area contributed by atoms with Gasteiger partial charge in [-0.15, -0.1) is 0 Å². The summed E-state index contributed by atoms with van der Waals surface area (Å²) in [5.74, 6) is -3.90. The molecule has 3 rings (SSSR count). The first-order valence-electron chi connectivity index (χ1n) is 10.6. The molecule has 2 atom stereocenters. The summed E-state index contributed by atoms with van der Waals surface area (Å²) in [7, 11) is 0. The summed E-state index contributed by atoms with van der Waals surface area (Å²) in [5.41, 5.74) is 3.32. The van der Waals surface area contributed by atoms with E-state index < -0.39 is 23.7 Å². The predicted octanol–water partition coefficient (Wildman–Crippen LogP) is 4.46. The number of carbonyl (C=O) groups is 3. The van der Waals surface area contributed by atoms with E-state index in [0.717, 1.165) is 22.9 Å². The second-order valence-corrected chi connectivity index (χ2v) is 9.05. The quantitative estimate of drug-likeness (QED) is 0.432. The van der Waals surface area contributed by atoms with Gasteiger partial charge in [0.2, 0.25) is 11.8 Å². The number of allylic oxidation sites excluding steroid dienone is 1. The molecule has 2 amide bonds. The summed E-state index contributed by atoms with van der Waals surface area (Å²) in [6.07, 6.45) is 0. The number of nitrogens with zero attached hydrogens (tertiary/aromatic N) is 1. The number of benzene rings is 2. The SMILES string of the molecule is CCOC(=O)[C@H]1C(=O)NC(SCC(=O)Nc2cccc(C)c2C)=C(C#N)[C@@H]1c1ccccc1Cl. The van der Waals surface area contributed by atoms with E-state index in [1.54, 1.807) is 31.2 Å². The number of aryl methyl sites for hydroxylation is 1. The van der Waals surface area contributed by atoms with Crippen LogP contribution in [-0.4, -0.2) is 30.1 Å². The summed E-state index contributed by atoms with van der Waals surface area (Å²) < 4.78 is 5.11. The lowest BCUT2D eigenvalue weighted by molar-refractivity contribution is -0.152. The van der Waals surface area contributed by atoms with Crippen molar-refractivity contribution < 1.29 is 19.1 Å². The van der Waals surface area contributed by atoms with Crippen LogP contribution >= 0.6 is 23.4 Å². The van der Waals surface area contributed by atoms with Gasteiger partial charge in [-0.3, -0.25) is 14.4 Å². The van der Waals surface area contributed by atoms with E-state index >= 15 is 0 Å². The Labute approximate surface area is 207 Å². The highest BCUT2D eigenvalue weighted by Crippen LogP contribution is 2.42. The first-order chi connectivity index (χ1) is 16.3. The van der Waals surface area contributed by atoms with E-state index in [9.17, 15) is 19.6 Å². The van der Waals surface area contributed by atoms with E-state index in [0.29, 0.717) is 16.3 Å². The zero-order valence-electron chi connectivity index (χ0n) is 19.0. The first kappa shape index (κ1) is 25.3. The third-order valence-electron chi connectivity index (χ3n) is 5.54. The molecule has 0 bridgehead atoms. The van der Waals surface area contributed by atoms with Crippen LogP contribution in [0.15, 0.2) is 53.1 Å². The van der Waals surface area contributed by atoms with Gasteiger partial charge in [-0.1, -0.05) is 53.7 Å². The van der Waals surface area contributed by atoms with Crippen molar-refractivity contribution in [1.82, 2.24) is 5.32 Å². The molecule has 176 valence electrons. The van der Waals surface area contributed by atoms with Crippen LogP contribution in [0.4, 0.5) is 5.69 Å². The van der Waals surface area contributed by atoms with Crippen molar-refractivity contribution in [2.24, 2.45) is 5.92 Å². The lowest BCUT2D eigenvalue weighted by Crippen LogP contribution is -2.44. The number of amides is 2. The molecule has 0 radical (unpaired) electrons. The maximum Gasteiger partial charge on any atom is 0.319 e. The Morgan fingerprint density at radius 1 is 1.21 bits per heavy atom. The van der Waals surface area contributed by atoms with Crippen LogP contribution in [0.5, 0.6) is 0 Å². The summed E-state index contributed by atoms with van der Waals surface area (Å²) in [5, 5.41) is 16.0. The van der Waals surface area contributed by atoms with Gasteiger partial charge in [0, 0.05) is 16.6 Å². The molecule has 34 heavy (non-hydrogen) atoms. The zero-order valence-corrected chi connectivity index (χ0v) is 20.5. The maximum atomic E-state index is 13.0. The topological polar surface area (TPSA) is 108 Å². The molecule has 1 heterocycles. The molecule has 7 nitrogen and oxygen atoms in total. The van der Waals surface area contributed by atoms with Crippen LogP contribution in [0.2, 0.25) is 5.02 Å². The normalized spacial score (nSPS) is 17.6. The van der Waals surface area contributed by atoms with E-state index in [-0.39, 0.29) is 28.9 Å². The van der Waals surface area contributed by atoms with Crippen LogP contribution in [0.3, 0.4) is 0 Å². The Balaban J connectivity index is 1.92. The van der Waals surface area contributed by atoms with Crippen molar-refractivity contribution in [1.29, 1.82) is 5.26 Å². The fraction of sp³-hybridized carbons (Fsp3) is 0.280. The van der Waals surface area contributed by atoms with Gasteiger partial charge in [-0.25, -0.2) is 0 Å². The fourth-order valence-corrected chi connectivity index (χ4v) is 4.80. The van der Waals surface area contributed by atoms with Crippen LogP contribution in [-0.2, 0) is 19.1 Å². The van der Waals surface area contributed by atoms with Crippen molar-refractivity contribution in [3.8, 4) is 6.07 Å². The summed E-state index contributed by atoms with van der Waals surface area (Å²) in [6, 6.07) is 14.5. The number of nitrogens with one attached hydrogen (secondary N) is 2. The Morgan fingerprint density at radius 2 is 1.94 bits per heavy atom. The molecule has 0 saturated carbocycles. The molecule has 2 N–H and O–H groups in total. The first-order valence-corrected chi connectivity index (χ1v) is 12.0. The monoisotopic (exact) mass is 497 g/mol. The molecule has 0 unspecified atom stereocenters. The standard InChI is InChI=1S/C25H24ClN3O4S/c1-4-33-25(32)22-21(16-9-5-6-10-18(16)26)17(12-27)24(29-23(22)31)34-13-20(30)28-19-11-7-8-14(2)15(19)3/h5-11,21-22H,4,13H2,1-3H3,(H,28,30)(H,29,31)/t21-,22+/m0/s1. The van der Waals surface area contributed by atoms with Crippen LogP contribution in [0, 0.1) is 31.1 Å². The summed E-state index contributed by atoms with van der Waals surface area (Å²) in [4.78, 5) is 38.3. The van der Waals surface area contributed by atoms with Gasteiger partial charge in [0.25, 0.3) is 0 Å². The van der Waals surface area contributed by atoms with E-state index in [4.69, 9.17) is 16.3 Å². The third-order valence-corrected chi connectivity index (χ3v) is 6.90. The lowest BCUT2D eigenvalue weighted by atomic mass is 9.78. The number of thioether (sulfide) groups is 1. The predicted molar refractivity (Wildman–Crippen MR) is 132 cm³/mol. The van der Waals surface area contributed by atoms with E-state index in [1.807, 2.05) is 32.0 Å². The minimum absolute atomic E-state index is 0.0481. The molecular weight excluding hydrogens is 474 g/mol. The van der Waals surface area contributed by atoms with Crippen molar-refractivity contribution in [3.63, 3.8) is 0 Å². The minimum Gasteiger partial charge on any atom is -0.465 e.